The standard InChI is InChI=1S/C11H20N4O2S/c1-8-10(9(7-12)14-13-8)18(16,17)15-6-4-5-11(15,2)3/h4-7,12H2,1-3H3,(H,13,14). The monoisotopic (exact) mass is 272 g/mol. The summed E-state index contributed by atoms with van der Waals surface area (Å²) in [5, 5.41) is 6.67. The topological polar surface area (TPSA) is 92.1 Å². The Morgan fingerprint density at radius 3 is 2.67 bits per heavy atom. The van der Waals surface area contributed by atoms with E-state index in [4.69, 9.17) is 5.73 Å². The second kappa shape index (κ2) is 4.32. The maximum atomic E-state index is 12.7. The quantitative estimate of drug-likeness (QED) is 0.849. The average molecular weight is 272 g/mol. The van der Waals surface area contributed by atoms with Crippen LogP contribution in [-0.4, -0.2) is 35.0 Å². The molecule has 1 fully saturated rings. The predicted octanol–water partition coefficient (Wildman–Crippen LogP) is 0.740. The van der Waals surface area contributed by atoms with E-state index in [9.17, 15) is 8.42 Å². The van der Waals surface area contributed by atoms with Crippen LogP contribution in [0, 0.1) is 6.92 Å². The van der Waals surface area contributed by atoms with E-state index in [0.29, 0.717) is 17.9 Å². The van der Waals surface area contributed by atoms with Gasteiger partial charge in [-0.2, -0.15) is 9.40 Å². The van der Waals surface area contributed by atoms with Gasteiger partial charge in [-0.3, -0.25) is 5.10 Å². The molecule has 0 radical (unpaired) electrons. The van der Waals surface area contributed by atoms with Crippen LogP contribution in [0.25, 0.3) is 0 Å². The first kappa shape index (κ1) is 13.5. The zero-order valence-corrected chi connectivity index (χ0v) is 11.8. The van der Waals surface area contributed by atoms with Crippen LogP contribution in [0.1, 0.15) is 38.1 Å². The Hall–Kier alpha value is -0.920. The van der Waals surface area contributed by atoms with Gasteiger partial charge in [0, 0.05) is 18.6 Å². The molecule has 1 aromatic heterocycles. The minimum Gasteiger partial charge on any atom is -0.325 e. The van der Waals surface area contributed by atoms with Gasteiger partial charge in [0.15, 0.2) is 0 Å². The Balaban J connectivity index is 2.52. The molecular formula is C11H20N4O2S. The summed E-state index contributed by atoms with van der Waals surface area (Å²) in [6.45, 7) is 6.30. The third-order valence-electron chi connectivity index (χ3n) is 3.53. The zero-order chi connectivity index (χ0) is 13.6. The molecule has 1 aromatic rings. The van der Waals surface area contributed by atoms with E-state index in [1.54, 1.807) is 11.2 Å². The lowest BCUT2D eigenvalue weighted by atomic mass is 10.0. The summed E-state index contributed by atoms with van der Waals surface area (Å²) in [5.41, 5.74) is 6.19. The van der Waals surface area contributed by atoms with Gasteiger partial charge in [-0.1, -0.05) is 0 Å². The van der Waals surface area contributed by atoms with Crippen molar-refractivity contribution in [1.82, 2.24) is 14.5 Å². The lowest BCUT2D eigenvalue weighted by Crippen LogP contribution is -2.43. The van der Waals surface area contributed by atoms with Gasteiger partial charge in [0.25, 0.3) is 0 Å². The number of rotatable bonds is 3. The highest BCUT2D eigenvalue weighted by Gasteiger charge is 2.42. The minimum absolute atomic E-state index is 0.118. The molecular weight excluding hydrogens is 252 g/mol. The fourth-order valence-electron chi connectivity index (χ4n) is 2.59. The van der Waals surface area contributed by atoms with E-state index < -0.39 is 10.0 Å². The van der Waals surface area contributed by atoms with E-state index >= 15 is 0 Å². The second-order valence-corrected chi connectivity index (χ2v) is 7.12. The Kier molecular flexibility index (Phi) is 3.25. The SMILES string of the molecule is Cc1[nH]nc(CN)c1S(=O)(=O)N1CCCC1(C)C. The highest BCUT2D eigenvalue weighted by molar-refractivity contribution is 7.89. The van der Waals surface area contributed by atoms with E-state index in [1.807, 2.05) is 13.8 Å². The van der Waals surface area contributed by atoms with Crippen LogP contribution in [0.2, 0.25) is 0 Å². The summed E-state index contributed by atoms with van der Waals surface area (Å²) in [6, 6.07) is 0. The van der Waals surface area contributed by atoms with Crippen LogP contribution >= 0.6 is 0 Å². The summed E-state index contributed by atoms with van der Waals surface area (Å²) in [5.74, 6) is 0. The van der Waals surface area contributed by atoms with E-state index in [0.717, 1.165) is 12.8 Å². The van der Waals surface area contributed by atoms with Crippen molar-refractivity contribution in [2.45, 2.75) is 50.6 Å². The molecule has 3 N–H and O–H groups in total. The van der Waals surface area contributed by atoms with Gasteiger partial charge in [-0.25, -0.2) is 8.42 Å². The van der Waals surface area contributed by atoms with E-state index in [2.05, 4.69) is 10.2 Å². The van der Waals surface area contributed by atoms with Crippen LogP contribution in [0.3, 0.4) is 0 Å². The highest BCUT2D eigenvalue weighted by atomic mass is 32.2. The first-order valence-electron chi connectivity index (χ1n) is 6.07. The van der Waals surface area contributed by atoms with Crippen molar-refractivity contribution in [2.75, 3.05) is 6.54 Å². The molecule has 0 aromatic carbocycles. The van der Waals surface area contributed by atoms with Gasteiger partial charge >= 0.3 is 0 Å². The molecule has 1 saturated heterocycles. The molecule has 0 unspecified atom stereocenters. The number of aromatic amines is 1. The minimum atomic E-state index is -3.52. The number of hydrogen-bond donors (Lipinski definition) is 2. The summed E-state index contributed by atoms with van der Waals surface area (Å²) >= 11 is 0. The Labute approximate surface area is 108 Å². The Morgan fingerprint density at radius 1 is 1.50 bits per heavy atom. The van der Waals surface area contributed by atoms with Crippen LogP contribution in [0.4, 0.5) is 0 Å². The number of aryl methyl sites for hydroxylation is 1. The molecule has 0 aliphatic carbocycles. The van der Waals surface area contributed by atoms with Crippen molar-refractivity contribution in [3.05, 3.63) is 11.4 Å². The molecule has 0 spiro atoms. The molecule has 2 rings (SSSR count). The summed E-state index contributed by atoms with van der Waals surface area (Å²) in [7, 11) is -3.52. The first-order chi connectivity index (χ1) is 8.30. The van der Waals surface area contributed by atoms with Gasteiger partial charge in [0.2, 0.25) is 10.0 Å². The van der Waals surface area contributed by atoms with Gasteiger partial charge in [0.1, 0.15) is 4.90 Å². The predicted molar refractivity (Wildman–Crippen MR) is 68.4 cm³/mol. The van der Waals surface area contributed by atoms with Crippen LogP contribution in [-0.2, 0) is 16.6 Å². The van der Waals surface area contributed by atoms with Gasteiger partial charge in [0.05, 0.1) is 11.4 Å². The van der Waals surface area contributed by atoms with Crippen molar-refractivity contribution in [3.63, 3.8) is 0 Å². The molecule has 102 valence electrons. The number of H-pyrrole nitrogens is 1. The highest BCUT2D eigenvalue weighted by Crippen LogP contribution is 2.35. The van der Waals surface area contributed by atoms with E-state index in [1.165, 1.54) is 0 Å². The molecule has 7 heteroatoms. The fraction of sp³-hybridized carbons (Fsp3) is 0.727. The summed E-state index contributed by atoms with van der Waals surface area (Å²) < 4.78 is 27.0. The van der Waals surface area contributed by atoms with Crippen LogP contribution < -0.4 is 5.73 Å². The van der Waals surface area contributed by atoms with Crippen molar-refractivity contribution >= 4 is 10.0 Å². The molecule has 1 aliphatic rings. The maximum absolute atomic E-state index is 12.7. The second-order valence-electron chi connectivity index (χ2n) is 5.32. The number of hydrogen-bond acceptors (Lipinski definition) is 4. The number of nitrogens with one attached hydrogen (secondary N) is 1. The fourth-order valence-corrected chi connectivity index (χ4v) is 4.78. The lowest BCUT2D eigenvalue weighted by Gasteiger charge is -2.30. The van der Waals surface area contributed by atoms with Crippen LogP contribution in [0.15, 0.2) is 4.90 Å². The van der Waals surface area contributed by atoms with E-state index in [-0.39, 0.29) is 17.0 Å². The molecule has 1 aliphatic heterocycles. The Morgan fingerprint density at radius 2 is 2.17 bits per heavy atom. The molecule has 0 amide bonds. The molecule has 2 heterocycles. The molecule has 0 bridgehead atoms. The van der Waals surface area contributed by atoms with Crippen LogP contribution in [0.5, 0.6) is 0 Å². The van der Waals surface area contributed by atoms with Gasteiger partial charge in [-0.05, 0) is 33.6 Å². The molecule has 6 nitrogen and oxygen atoms in total. The maximum Gasteiger partial charge on any atom is 0.247 e. The third kappa shape index (κ3) is 1.96. The number of nitrogens with two attached hydrogens (primary N) is 1. The molecule has 18 heavy (non-hydrogen) atoms. The van der Waals surface area contributed by atoms with Gasteiger partial charge < -0.3 is 5.73 Å². The Bertz CT molecular complexity index is 547. The molecule has 0 atom stereocenters. The average Bonchev–Trinajstić information content (AvgIpc) is 2.81. The van der Waals surface area contributed by atoms with Crippen molar-refractivity contribution in [1.29, 1.82) is 0 Å². The summed E-state index contributed by atoms with van der Waals surface area (Å²) in [4.78, 5) is 0.250. The van der Waals surface area contributed by atoms with Crippen molar-refractivity contribution in [3.8, 4) is 0 Å². The number of sulfonamides is 1. The zero-order valence-electron chi connectivity index (χ0n) is 11.0. The number of nitrogens with zero attached hydrogens (tertiary/aromatic N) is 2. The largest absolute Gasteiger partial charge is 0.325 e. The van der Waals surface area contributed by atoms with Crippen molar-refractivity contribution in [2.24, 2.45) is 5.73 Å². The first-order valence-corrected chi connectivity index (χ1v) is 7.51. The third-order valence-corrected chi connectivity index (χ3v) is 5.84. The normalized spacial score (nSPS) is 20.4. The summed E-state index contributed by atoms with van der Waals surface area (Å²) in [6.07, 6.45) is 1.77. The van der Waals surface area contributed by atoms with Crippen molar-refractivity contribution < 1.29 is 8.42 Å². The van der Waals surface area contributed by atoms with Gasteiger partial charge in [-0.15, -0.1) is 0 Å². The number of aromatic nitrogens is 2. The lowest BCUT2D eigenvalue weighted by molar-refractivity contribution is 0.291. The smallest absolute Gasteiger partial charge is 0.247 e. The molecule has 0 saturated carbocycles.